The number of rotatable bonds is 9. The van der Waals surface area contributed by atoms with Gasteiger partial charge in [0.25, 0.3) is 0 Å². The van der Waals surface area contributed by atoms with E-state index in [9.17, 15) is 9.59 Å². The Morgan fingerprint density at radius 1 is 1.00 bits per heavy atom. The van der Waals surface area contributed by atoms with Crippen molar-refractivity contribution in [3.05, 3.63) is 0 Å². The summed E-state index contributed by atoms with van der Waals surface area (Å²) in [5.41, 5.74) is 0. The summed E-state index contributed by atoms with van der Waals surface area (Å²) >= 11 is 0. The summed E-state index contributed by atoms with van der Waals surface area (Å²) in [7, 11) is 0. The molecule has 0 fully saturated rings. The zero-order valence-electron chi connectivity index (χ0n) is 10.1. The highest BCUT2D eigenvalue weighted by molar-refractivity contribution is 5.70. The minimum atomic E-state index is -0.775. The first-order valence-electron chi connectivity index (χ1n) is 5.94. The lowest BCUT2D eigenvalue weighted by atomic mass is 9.95. The number of hydrogen-bond acceptors (Lipinski definition) is 2. The van der Waals surface area contributed by atoms with Gasteiger partial charge >= 0.3 is 11.9 Å². The summed E-state index contributed by atoms with van der Waals surface area (Å²) in [6.45, 7) is 3.66. The van der Waals surface area contributed by atoms with E-state index in [1.165, 1.54) is 0 Å². The number of aliphatic carboxylic acids is 2. The minimum absolute atomic E-state index is 0.259. The molecule has 0 aliphatic heterocycles. The average Bonchev–Trinajstić information content (AvgIpc) is 2.21. The molecule has 0 aliphatic carbocycles. The van der Waals surface area contributed by atoms with Crippen LogP contribution in [0.2, 0.25) is 0 Å². The Morgan fingerprint density at radius 3 is 2.00 bits per heavy atom. The molecule has 94 valence electrons. The van der Waals surface area contributed by atoms with Gasteiger partial charge < -0.3 is 10.2 Å². The molecule has 4 heteroatoms. The SMILES string of the molecule is CCCC(CCCCC(C)C(=O)O)C(=O)O. The standard InChI is InChI=1S/C12H22O4/c1-3-6-10(12(15)16)8-5-4-7-9(2)11(13)14/h9-10H,3-8H2,1-2H3,(H,13,14)(H,15,16). The highest BCUT2D eigenvalue weighted by Gasteiger charge is 2.16. The third-order valence-corrected chi connectivity index (χ3v) is 2.85. The van der Waals surface area contributed by atoms with Crippen LogP contribution in [-0.2, 0) is 9.59 Å². The van der Waals surface area contributed by atoms with Gasteiger partial charge in [0, 0.05) is 0 Å². The van der Waals surface area contributed by atoms with E-state index in [4.69, 9.17) is 10.2 Å². The normalized spacial score (nSPS) is 14.4. The molecular weight excluding hydrogens is 208 g/mol. The Kier molecular flexibility index (Phi) is 7.60. The number of hydrogen-bond donors (Lipinski definition) is 2. The number of unbranched alkanes of at least 4 members (excludes halogenated alkanes) is 1. The number of carboxylic acid groups (broad SMARTS) is 2. The molecule has 0 aliphatic rings. The molecule has 0 radical (unpaired) electrons. The van der Waals surface area contributed by atoms with Crippen LogP contribution in [0.25, 0.3) is 0 Å². The van der Waals surface area contributed by atoms with Gasteiger partial charge in [0.1, 0.15) is 0 Å². The second-order valence-corrected chi connectivity index (χ2v) is 4.35. The molecule has 2 unspecified atom stereocenters. The summed E-state index contributed by atoms with van der Waals surface area (Å²) in [6.07, 6.45) is 4.48. The third-order valence-electron chi connectivity index (χ3n) is 2.85. The van der Waals surface area contributed by atoms with Crippen LogP contribution in [0.4, 0.5) is 0 Å². The fourth-order valence-corrected chi connectivity index (χ4v) is 1.70. The molecule has 0 bridgehead atoms. The quantitative estimate of drug-likeness (QED) is 0.597. The van der Waals surface area contributed by atoms with Crippen molar-refractivity contribution in [3.8, 4) is 0 Å². The van der Waals surface area contributed by atoms with E-state index in [1.807, 2.05) is 6.92 Å². The number of carbonyl (C=O) groups is 2. The van der Waals surface area contributed by atoms with Crippen molar-refractivity contribution in [3.63, 3.8) is 0 Å². The summed E-state index contributed by atoms with van der Waals surface area (Å²) in [4.78, 5) is 21.4. The third kappa shape index (κ3) is 6.43. The molecule has 0 saturated carbocycles. The van der Waals surface area contributed by atoms with Crippen molar-refractivity contribution < 1.29 is 19.8 Å². The Morgan fingerprint density at radius 2 is 1.56 bits per heavy atom. The summed E-state index contributed by atoms with van der Waals surface area (Å²) < 4.78 is 0. The van der Waals surface area contributed by atoms with Crippen molar-refractivity contribution in [2.75, 3.05) is 0 Å². The largest absolute Gasteiger partial charge is 0.481 e. The molecule has 0 rings (SSSR count). The first-order valence-corrected chi connectivity index (χ1v) is 5.94. The van der Waals surface area contributed by atoms with Gasteiger partial charge in [-0.1, -0.05) is 33.1 Å². The number of carboxylic acids is 2. The van der Waals surface area contributed by atoms with Crippen LogP contribution in [0.5, 0.6) is 0 Å². The predicted molar refractivity (Wildman–Crippen MR) is 61.3 cm³/mol. The lowest BCUT2D eigenvalue weighted by Crippen LogP contribution is -2.14. The Hall–Kier alpha value is -1.06. The molecule has 0 spiro atoms. The van der Waals surface area contributed by atoms with Crippen LogP contribution in [0.15, 0.2) is 0 Å². The fraction of sp³-hybridized carbons (Fsp3) is 0.833. The summed E-state index contributed by atoms with van der Waals surface area (Å²) in [5.74, 6) is -2.09. The van der Waals surface area contributed by atoms with Gasteiger partial charge in [-0.05, 0) is 19.3 Å². The smallest absolute Gasteiger partial charge is 0.306 e. The van der Waals surface area contributed by atoms with Crippen LogP contribution in [0.3, 0.4) is 0 Å². The van der Waals surface area contributed by atoms with Crippen LogP contribution in [0.1, 0.15) is 52.4 Å². The second kappa shape index (κ2) is 8.13. The van der Waals surface area contributed by atoms with E-state index >= 15 is 0 Å². The van der Waals surface area contributed by atoms with Crippen molar-refractivity contribution in [1.82, 2.24) is 0 Å². The molecule has 2 N–H and O–H groups in total. The lowest BCUT2D eigenvalue weighted by Gasteiger charge is -2.11. The fourth-order valence-electron chi connectivity index (χ4n) is 1.70. The van der Waals surface area contributed by atoms with Crippen molar-refractivity contribution in [2.45, 2.75) is 52.4 Å². The monoisotopic (exact) mass is 230 g/mol. The zero-order chi connectivity index (χ0) is 12.6. The topological polar surface area (TPSA) is 74.6 Å². The first kappa shape index (κ1) is 14.9. The summed E-state index contributed by atoms with van der Waals surface area (Å²) in [6, 6.07) is 0. The van der Waals surface area contributed by atoms with Gasteiger partial charge in [0.05, 0.1) is 11.8 Å². The van der Waals surface area contributed by atoms with Crippen LogP contribution in [0, 0.1) is 11.8 Å². The van der Waals surface area contributed by atoms with Gasteiger partial charge in [-0.25, -0.2) is 0 Å². The van der Waals surface area contributed by atoms with Crippen LogP contribution >= 0.6 is 0 Å². The van der Waals surface area contributed by atoms with E-state index in [-0.39, 0.29) is 11.8 Å². The van der Waals surface area contributed by atoms with Gasteiger partial charge in [0.2, 0.25) is 0 Å². The maximum atomic E-state index is 10.8. The van der Waals surface area contributed by atoms with Gasteiger partial charge in [-0.15, -0.1) is 0 Å². The highest BCUT2D eigenvalue weighted by atomic mass is 16.4. The molecule has 0 saturated heterocycles. The average molecular weight is 230 g/mol. The van der Waals surface area contributed by atoms with E-state index in [0.717, 1.165) is 19.3 Å². The van der Waals surface area contributed by atoms with Crippen LogP contribution in [-0.4, -0.2) is 22.2 Å². The molecular formula is C12H22O4. The Bertz CT molecular complexity index is 225. The van der Waals surface area contributed by atoms with Gasteiger partial charge in [0.15, 0.2) is 0 Å². The second-order valence-electron chi connectivity index (χ2n) is 4.35. The predicted octanol–water partition coefficient (Wildman–Crippen LogP) is 2.77. The Balaban J connectivity index is 3.70. The van der Waals surface area contributed by atoms with E-state index in [2.05, 4.69) is 0 Å². The molecule has 4 nitrogen and oxygen atoms in total. The zero-order valence-corrected chi connectivity index (χ0v) is 10.1. The molecule has 0 aromatic carbocycles. The highest BCUT2D eigenvalue weighted by Crippen LogP contribution is 2.17. The van der Waals surface area contributed by atoms with Crippen LogP contribution < -0.4 is 0 Å². The maximum Gasteiger partial charge on any atom is 0.306 e. The van der Waals surface area contributed by atoms with Gasteiger partial charge in [-0.3, -0.25) is 9.59 Å². The minimum Gasteiger partial charge on any atom is -0.481 e. The molecule has 0 amide bonds. The summed E-state index contributed by atoms with van der Waals surface area (Å²) in [5, 5.41) is 17.6. The molecule has 2 atom stereocenters. The van der Waals surface area contributed by atoms with E-state index in [0.29, 0.717) is 19.3 Å². The van der Waals surface area contributed by atoms with Gasteiger partial charge in [-0.2, -0.15) is 0 Å². The molecule has 0 aromatic rings. The van der Waals surface area contributed by atoms with Crippen molar-refractivity contribution in [2.24, 2.45) is 11.8 Å². The van der Waals surface area contributed by atoms with E-state index < -0.39 is 11.9 Å². The Labute approximate surface area is 96.7 Å². The van der Waals surface area contributed by atoms with Crippen molar-refractivity contribution in [1.29, 1.82) is 0 Å². The maximum absolute atomic E-state index is 10.8. The van der Waals surface area contributed by atoms with E-state index in [1.54, 1.807) is 6.92 Å². The van der Waals surface area contributed by atoms with Crippen molar-refractivity contribution >= 4 is 11.9 Å². The molecule has 0 aromatic heterocycles. The molecule has 0 heterocycles. The lowest BCUT2D eigenvalue weighted by molar-refractivity contribution is -0.143. The molecule has 16 heavy (non-hydrogen) atoms. The first-order chi connectivity index (χ1) is 7.49.